The van der Waals surface area contributed by atoms with Gasteiger partial charge in [0.05, 0.1) is 14.2 Å². The molecule has 1 unspecified atom stereocenters. The van der Waals surface area contributed by atoms with Crippen molar-refractivity contribution in [2.75, 3.05) is 20.8 Å². The molecule has 4 rings (SSSR count). The number of benzene rings is 3. The van der Waals surface area contributed by atoms with Crippen LogP contribution < -0.4 is 19.9 Å². The molecule has 0 bridgehead atoms. The molecule has 0 saturated heterocycles. The third-order valence-electron chi connectivity index (χ3n) is 6.16. The SMILES string of the molecule is COc1ccc(-c2ccc(COc3ccc4c(c3)CCC(CCN)C4)cc2)c(OC)c1. The Balaban J connectivity index is 1.40. The summed E-state index contributed by atoms with van der Waals surface area (Å²) < 4.78 is 16.9. The van der Waals surface area contributed by atoms with Crippen LogP contribution >= 0.6 is 0 Å². The van der Waals surface area contributed by atoms with Crippen LogP contribution in [0.25, 0.3) is 11.1 Å². The zero-order valence-corrected chi connectivity index (χ0v) is 18.4. The van der Waals surface area contributed by atoms with Crippen molar-refractivity contribution in [2.45, 2.75) is 32.3 Å². The van der Waals surface area contributed by atoms with E-state index in [1.807, 2.05) is 18.2 Å². The van der Waals surface area contributed by atoms with Crippen LogP contribution in [0.3, 0.4) is 0 Å². The van der Waals surface area contributed by atoms with E-state index in [2.05, 4.69) is 42.5 Å². The molecule has 3 aromatic carbocycles. The molecule has 1 aliphatic rings. The highest BCUT2D eigenvalue weighted by atomic mass is 16.5. The molecule has 0 amide bonds. The molecule has 3 aromatic rings. The van der Waals surface area contributed by atoms with Gasteiger partial charge in [-0.1, -0.05) is 30.3 Å². The quantitative estimate of drug-likeness (QED) is 0.533. The first-order valence-electron chi connectivity index (χ1n) is 11.0. The summed E-state index contributed by atoms with van der Waals surface area (Å²) >= 11 is 0. The van der Waals surface area contributed by atoms with Gasteiger partial charge >= 0.3 is 0 Å². The largest absolute Gasteiger partial charge is 0.497 e. The van der Waals surface area contributed by atoms with Crippen LogP contribution in [0.1, 0.15) is 29.5 Å². The highest BCUT2D eigenvalue weighted by Gasteiger charge is 2.18. The molecule has 0 aliphatic heterocycles. The van der Waals surface area contributed by atoms with Crippen LogP contribution in [0.2, 0.25) is 0 Å². The smallest absolute Gasteiger partial charge is 0.130 e. The van der Waals surface area contributed by atoms with Crippen LogP contribution in [0.15, 0.2) is 60.7 Å². The molecular formula is C27H31NO3. The van der Waals surface area contributed by atoms with Crippen LogP contribution in [-0.2, 0) is 19.4 Å². The summed E-state index contributed by atoms with van der Waals surface area (Å²) in [6.45, 7) is 1.33. The van der Waals surface area contributed by atoms with Gasteiger partial charge in [0.15, 0.2) is 0 Å². The van der Waals surface area contributed by atoms with E-state index >= 15 is 0 Å². The maximum absolute atomic E-state index is 6.09. The third kappa shape index (κ3) is 5.02. The van der Waals surface area contributed by atoms with Crippen molar-refractivity contribution in [2.24, 2.45) is 11.7 Å². The number of ether oxygens (including phenoxy) is 3. The van der Waals surface area contributed by atoms with Gasteiger partial charge in [0, 0.05) is 11.6 Å². The predicted molar refractivity (Wildman–Crippen MR) is 125 cm³/mol. The number of methoxy groups -OCH3 is 2. The fraction of sp³-hybridized carbons (Fsp3) is 0.333. The highest BCUT2D eigenvalue weighted by Crippen LogP contribution is 2.34. The minimum absolute atomic E-state index is 0.550. The normalized spacial score (nSPS) is 15.3. The van der Waals surface area contributed by atoms with Crippen molar-refractivity contribution >= 4 is 0 Å². The van der Waals surface area contributed by atoms with Gasteiger partial charge in [0.2, 0.25) is 0 Å². The van der Waals surface area contributed by atoms with E-state index in [1.54, 1.807) is 14.2 Å². The topological polar surface area (TPSA) is 53.7 Å². The number of hydrogen-bond acceptors (Lipinski definition) is 4. The number of aryl methyl sites for hydroxylation is 1. The van der Waals surface area contributed by atoms with E-state index in [0.717, 1.165) is 65.7 Å². The Hall–Kier alpha value is -2.98. The van der Waals surface area contributed by atoms with Crippen molar-refractivity contribution in [3.05, 3.63) is 77.4 Å². The second kappa shape index (κ2) is 9.88. The fourth-order valence-corrected chi connectivity index (χ4v) is 4.36. The van der Waals surface area contributed by atoms with Gasteiger partial charge < -0.3 is 19.9 Å². The molecule has 0 heterocycles. The lowest BCUT2D eigenvalue weighted by Gasteiger charge is -2.24. The first-order chi connectivity index (χ1) is 15.2. The molecule has 162 valence electrons. The molecule has 1 atom stereocenters. The van der Waals surface area contributed by atoms with E-state index in [4.69, 9.17) is 19.9 Å². The highest BCUT2D eigenvalue weighted by molar-refractivity contribution is 5.71. The molecule has 2 N–H and O–H groups in total. The van der Waals surface area contributed by atoms with E-state index in [9.17, 15) is 0 Å². The molecule has 1 aliphatic carbocycles. The Labute approximate surface area is 185 Å². The van der Waals surface area contributed by atoms with Gasteiger partial charge in [-0.3, -0.25) is 0 Å². The summed E-state index contributed by atoms with van der Waals surface area (Å²) in [5, 5.41) is 0. The Morgan fingerprint density at radius 3 is 2.42 bits per heavy atom. The molecule has 0 radical (unpaired) electrons. The Bertz CT molecular complexity index is 1010. The summed E-state index contributed by atoms with van der Waals surface area (Å²) in [6.07, 6.45) is 4.61. The number of nitrogens with two attached hydrogens (primary N) is 1. The zero-order chi connectivity index (χ0) is 21.6. The zero-order valence-electron chi connectivity index (χ0n) is 18.4. The second-order valence-electron chi connectivity index (χ2n) is 8.17. The molecule has 0 aromatic heterocycles. The predicted octanol–water partition coefficient (Wildman–Crippen LogP) is 5.40. The van der Waals surface area contributed by atoms with E-state index in [-0.39, 0.29) is 0 Å². The first-order valence-corrected chi connectivity index (χ1v) is 11.0. The van der Waals surface area contributed by atoms with Crippen LogP contribution in [0.5, 0.6) is 17.2 Å². The summed E-state index contributed by atoms with van der Waals surface area (Å²) in [4.78, 5) is 0. The molecule has 4 nitrogen and oxygen atoms in total. The van der Waals surface area contributed by atoms with Crippen molar-refractivity contribution in [1.82, 2.24) is 0 Å². The van der Waals surface area contributed by atoms with E-state index < -0.39 is 0 Å². The minimum atomic E-state index is 0.550. The lowest BCUT2D eigenvalue weighted by Crippen LogP contribution is -2.17. The van der Waals surface area contributed by atoms with Crippen molar-refractivity contribution in [3.63, 3.8) is 0 Å². The molecule has 4 heteroatoms. The van der Waals surface area contributed by atoms with E-state index in [0.29, 0.717) is 6.61 Å². The van der Waals surface area contributed by atoms with Crippen LogP contribution in [0, 0.1) is 5.92 Å². The Morgan fingerprint density at radius 2 is 1.68 bits per heavy atom. The maximum Gasteiger partial charge on any atom is 0.130 e. The van der Waals surface area contributed by atoms with Gasteiger partial charge in [0.25, 0.3) is 0 Å². The van der Waals surface area contributed by atoms with Gasteiger partial charge in [-0.25, -0.2) is 0 Å². The number of rotatable bonds is 8. The minimum Gasteiger partial charge on any atom is -0.497 e. The maximum atomic E-state index is 6.09. The van der Waals surface area contributed by atoms with Gasteiger partial charge in [0.1, 0.15) is 23.9 Å². The fourth-order valence-electron chi connectivity index (χ4n) is 4.36. The second-order valence-corrected chi connectivity index (χ2v) is 8.17. The standard InChI is InChI=1S/C27H31NO3/c1-29-24-11-12-26(27(17-24)30-2)21-6-4-20(5-7-21)18-31-25-10-9-22-15-19(13-14-28)3-8-23(22)16-25/h4-7,9-12,16-17,19H,3,8,13-15,18,28H2,1-2H3. The Kier molecular flexibility index (Phi) is 6.78. The van der Waals surface area contributed by atoms with Gasteiger partial charge in [-0.2, -0.15) is 0 Å². The van der Waals surface area contributed by atoms with Crippen LogP contribution in [-0.4, -0.2) is 20.8 Å². The summed E-state index contributed by atoms with van der Waals surface area (Å²) in [6, 6.07) is 20.8. The van der Waals surface area contributed by atoms with Crippen molar-refractivity contribution in [1.29, 1.82) is 0 Å². The summed E-state index contributed by atoms with van der Waals surface area (Å²) in [5.74, 6) is 3.25. The number of fused-ring (bicyclic) bond motifs is 1. The van der Waals surface area contributed by atoms with Crippen molar-refractivity contribution in [3.8, 4) is 28.4 Å². The first kappa shape index (κ1) is 21.3. The monoisotopic (exact) mass is 417 g/mol. The lowest BCUT2D eigenvalue weighted by molar-refractivity contribution is 0.305. The molecular weight excluding hydrogens is 386 g/mol. The third-order valence-corrected chi connectivity index (χ3v) is 6.16. The average Bonchev–Trinajstić information content (AvgIpc) is 2.82. The van der Waals surface area contributed by atoms with Gasteiger partial charge in [-0.15, -0.1) is 0 Å². The molecule has 0 saturated carbocycles. The summed E-state index contributed by atoms with van der Waals surface area (Å²) in [7, 11) is 3.34. The molecule has 0 fully saturated rings. The molecule has 31 heavy (non-hydrogen) atoms. The van der Waals surface area contributed by atoms with Gasteiger partial charge in [-0.05, 0) is 84.7 Å². The molecule has 0 spiro atoms. The summed E-state index contributed by atoms with van der Waals surface area (Å²) in [5.41, 5.74) is 11.9. The van der Waals surface area contributed by atoms with E-state index in [1.165, 1.54) is 17.5 Å². The average molecular weight is 418 g/mol. The van der Waals surface area contributed by atoms with Crippen molar-refractivity contribution < 1.29 is 14.2 Å². The lowest BCUT2D eigenvalue weighted by atomic mass is 9.82. The Morgan fingerprint density at radius 1 is 0.871 bits per heavy atom. The van der Waals surface area contributed by atoms with Crippen LogP contribution in [0.4, 0.5) is 0 Å². The number of hydrogen-bond donors (Lipinski definition) is 1.